The number of carbonyl (C=O) groups is 4. The van der Waals surface area contributed by atoms with Crippen molar-refractivity contribution in [2.45, 2.75) is 13.1 Å². The molecule has 0 aromatic heterocycles. The molecule has 5 rings (SSSR count). The minimum Gasteiger partial charge on any atom is -0.478 e. The van der Waals surface area contributed by atoms with E-state index in [0.29, 0.717) is 10.6 Å². The van der Waals surface area contributed by atoms with Gasteiger partial charge in [0.1, 0.15) is 22.2 Å². The lowest BCUT2D eigenvalue weighted by atomic mass is 9.86. The van der Waals surface area contributed by atoms with Crippen LogP contribution in [0.2, 0.25) is 13.1 Å². The number of amides is 2. The van der Waals surface area contributed by atoms with Crippen molar-refractivity contribution in [2.24, 2.45) is 0 Å². The van der Waals surface area contributed by atoms with Crippen LogP contribution in [-0.2, 0) is 14.4 Å². The molecule has 2 amide bonds. The van der Waals surface area contributed by atoms with Gasteiger partial charge in [-0.1, -0.05) is 30.3 Å². The number of rotatable bonds is 5. The Kier molecular flexibility index (Phi) is 6.74. The van der Waals surface area contributed by atoms with E-state index in [0.717, 1.165) is 40.3 Å². The third-order valence-electron chi connectivity index (χ3n) is 7.62. The van der Waals surface area contributed by atoms with Gasteiger partial charge in [-0.25, -0.2) is 14.2 Å². The van der Waals surface area contributed by atoms with Crippen LogP contribution in [0.3, 0.4) is 0 Å². The predicted molar refractivity (Wildman–Crippen MR) is 158 cm³/mol. The lowest BCUT2D eigenvalue weighted by Crippen LogP contribution is -2.49. The fourth-order valence-corrected chi connectivity index (χ4v) is 8.42. The summed E-state index contributed by atoms with van der Waals surface area (Å²) in [5.41, 5.74) is 5.02. The van der Waals surface area contributed by atoms with Crippen molar-refractivity contribution in [1.82, 2.24) is 5.06 Å². The third-order valence-corrected chi connectivity index (χ3v) is 11.1. The first kappa shape index (κ1) is 27.7. The van der Waals surface area contributed by atoms with Crippen LogP contribution >= 0.6 is 0 Å². The molecule has 1 aliphatic carbocycles. The molecule has 41 heavy (non-hydrogen) atoms. The molecule has 0 fully saturated rings. The molecule has 2 aromatic carbocycles. The minimum absolute atomic E-state index is 0.0988. The van der Waals surface area contributed by atoms with Crippen molar-refractivity contribution >= 4 is 54.0 Å². The van der Waals surface area contributed by atoms with Gasteiger partial charge in [0.15, 0.2) is 5.71 Å². The molecule has 0 saturated carbocycles. The van der Waals surface area contributed by atoms with Gasteiger partial charge < -0.3 is 14.8 Å². The molecule has 0 unspecified atom stereocenters. The van der Waals surface area contributed by atoms with E-state index in [1.807, 2.05) is 62.0 Å². The average Bonchev–Trinajstić information content (AvgIpc) is 3.24. The van der Waals surface area contributed by atoms with E-state index in [4.69, 9.17) is 4.84 Å². The second kappa shape index (κ2) is 9.97. The lowest BCUT2D eigenvalue weighted by Gasteiger charge is -2.38. The number of allylic oxidation sites excluding steroid dienone is 5. The zero-order valence-corrected chi connectivity index (χ0v) is 24.7. The number of aromatic carboxylic acids is 1. The number of hydrogen-bond donors (Lipinski definition) is 1. The number of fused-ring (bicyclic) bond motifs is 2. The molecule has 3 aliphatic rings. The SMILES string of the molecule is CN(C)c1ccc2c(c1)[Si](C)(C)C1=CC(=[N+](C)C)C=CC1=C2c1ccc(C(=O)ON2C(=O)C=CC2=O)cc1C(=O)O. The molecule has 2 aliphatic heterocycles. The second-order valence-corrected chi connectivity index (χ2v) is 15.3. The zero-order valence-electron chi connectivity index (χ0n) is 23.7. The number of carbonyl (C=O) groups excluding carboxylic acids is 3. The van der Waals surface area contributed by atoms with Crippen molar-refractivity contribution in [1.29, 1.82) is 0 Å². The zero-order chi connectivity index (χ0) is 29.8. The van der Waals surface area contributed by atoms with Crippen LogP contribution in [0.5, 0.6) is 0 Å². The van der Waals surface area contributed by atoms with Gasteiger partial charge in [0.25, 0.3) is 11.8 Å². The highest BCUT2D eigenvalue weighted by atomic mass is 28.3. The van der Waals surface area contributed by atoms with Crippen molar-refractivity contribution in [3.8, 4) is 0 Å². The number of imide groups is 1. The molecule has 0 bridgehead atoms. The van der Waals surface area contributed by atoms with Crippen molar-refractivity contribution < 1.29 is 33.7 Å². The summed E-state index contributed by atoms with van der Waals surface area (Å²) in [6.07, 6.45) is 8.24. The van der Waals surface area contributed by atoms with Gasteiger partial charge in [0.2, 0.25) is 0 Å². The Balaban J connectivity index is 1.71. The summed E-state index contributed by atoms with van der Waals surface area (Å²) in [5.74, 6) is -3.81. The molecule has 10 heteroatoms. The minimum atomic E-state index is -2.24. The molecular formula is C31H30N3O6Si+. The highest BCUT2D eigenvalue weighted by Crippen LogP contribution is 2.42. The summed E-state index contributed by atoms with van der Waals surface area (Å²) in [7, 11) is 5.71. The van der Waals surface area contributed by atoms with Crippen molar-refractivity contribution in [2.75, 3.05) is 33.1 Å². The van der Waals surface area contributed by atoms with E-state index in [1.54, 1.807) is 6.07 Å². The van der Waals surface area contributed by atoms with E-state index < -0.39 is 31.8 Å². The first-order chi connectivity index (χ1) is 19.3. The van der Waals surface area contributed by atoms with Crippen LogP contribution < -0.4 is 10.1 Å². The summed E-state index contributed by atoms with van der Waals surface area (Å²) < 4.78 is 2.05. The van der Waals surface area contributed by atoms with E-state index >= 15 is 0 Å². The van der Waals surface area contributed by atoms with Crippen LogP contribution in [0, 0.1) is 0 Å². The van der Waals surface area contributed by atoms with Crippen LogP contribution in [0.25, 0.3) is 5.57 Å². The topological polar surface area (TPSA) is 107 Å². The molecule has 9 nitrogen and oxygen atoms in total. The third kappa shape index (κ3) is 4.65. The van der Waals surface area contributed by atoms with E-state index in [2.05, 4.69) is 25.2 Å². The van der Waals surface area contributed by atoms with Crippen LogP contribution in [0.1, 0.15) is 31.8 Å². The highest BCUT2D eigenvalue weighted by molar-refractivity contribution is 6.98. The smallest absolute Gasteiger partial charge is 0.363 e. The maximum Gasteiger partial charge on any atom is 0.363 e. The number of nitrogens with zero attached hydrogens (tertiary/aromatic N) is 3. The fourth-order valence-electron chi connectivity index (χ4n) is 5.35. The molecule has 0 radical (unpaired) electrons. The van der Waals surface area contributed by atoms with Gasteiger partial charge in [-0.05, 0) is 63.0 Å². The highest BCUT2D eigenvalue weighted by Gasteiger charge is 2.41. The maximum atomic E-state index is 12.8. The average molecular weight is 569 g/mol. The van der Waals surface area contributed by atoms with E-state index in [-0.39, 0.29) is 11.1 Å². The van der Waals surface area contributed by atoms with Gasteiger partial charge in [-0.3, -0.25) is 9.59 Å². The van der Waals surface area contributed by atoms with E-state index in [1.165, 1.54) is 22.5 Å². The summed E-state index contributed by atoms with van der Waals surface area (Å²) >= 11 is 0. The van der Waals surface area contributed by atoms with Gasteiger partial charge in [0.05, 0.1) is 11.1 Å². The fraction of sp³-hybridized carbons (Fsp3) is 0.194. The van der Waals surface area contributed by atoms with Gasteiger partial charge in [0, 0.05) is 44.1 Å². The number of benzene rings is 2. The van der Waals surface area contributed by atoms with Crippen molar-refractivity contribution in [3.63, 3.8) is 0 Å². The Hall–Kier alpha value is -4.83. The van der Waals surface area contributed by atoms with Crippen molar-refractivity contribution in [3.05, 3.63) is 99.8 Å². The van der Waals surface area contributed by atoms with Crippen LogP contribution in [0.4, 0.5) is 5.69 Å². The quantitative estimate of drug-likeness (QED) is 0.336. The van der Waals surface area contributed by atoms with Crippen LogP contribution in [-0.4, -0.2) is 80.5 Å². The second-order valence-electron chi connectivity index (χ2n) is 11.0. The molecular weight excluding hydrogens is 538 g/mol. The summed E-state index contributed by atoms with van der Waals surface area (Å²) in [4.78, 5) is 56.2. The Morgan fingerprint density at radius 3 is 2.20 bits per heavy atom. The standard InChI is InChI=1S/C31H29N3O6Si/c1-32(2)19-8-11-22-25(16-19)41(5,6)26-17-20(33(3)4)9-12-23(26)29(22)21-10-7-18(15-24(21)30(37)38)31(39)40-34-27(35)13-14-28(34)36/h7-17H,1-6H3/p+1. The largest absolute Gasteiger partial charge is 0.478 e. The Morgan fingerprint density at radius 1 is 0.927 bits per heavy atom. The first-order valence-corrected chi connectivity index (χ1v) is 16.0. The number of anilines is 1. The first-order valence-electron chi connectivity index (χ1n) is 13.0. The molecule has 2 aromatic rings. The predicted octanol–water partition coefficient (Wildman–Crippen LogP) is 2.93. The molecule has 0 atom stereocenters. The van der Waals surface area contributed by atoms with Gasteiger partial charge in [-0.15, -0.1) is 0 Å². The van der Waals surface area contributed by atoms with Gasteiger partial charge >= 0.3 is 11.9 Å². The molecule has 0 saturated heterocycles. The Bertz CT molecular complexity index is 1700. The number of carboxylic acids is 1. The monoisotopic (exact) mass is 568 g/mol. The number of carboxylic acid groups (broad SMARTS) is 1. The van der Waals surface area contributed by atoms with Crippen LogP contribution in [0.15, 0.2) is 77.5 Å². The summed E-state index contributed by atoms with van der Waals surface area (Å²) in [5, 5.41) is 13.0. The summed E-state index contributed by atoms with van der Waals surface area (Å²) in [6, 6.07) is 10.5. The molecule has 2 heterocycles. The Labute approximate surface area is 238 Å². The number of hydrogen-bond acceptors (Lipinski definition) is 6. The normalized spacial score (nSPS) is 16.9. The van der Waals surface area contributed by atoms with Gasteiger partial charge in [-0.2, -0.15) is 0 Å². The molecule has 208 valence electrons. The summed E-state index contributed by atoms with van der Waals surface area (Å²) in [6.45, 7) is 4.60. The lowest BCUT2D eigenvalue weighted by molar-refractivity contribution is -0.462. The molecule has 1 N–H and O–H groups in total. The Morgan fingerprint density at radius 2 is 1.59 bits per heavy atom. The number of hydroxylamine groups is 2. The van der Waals surface area contributed by atoms with E-state index in [9.17, 15) is 24.3 Å². The molecule has 0 spiro atoms. The maximum absolute atomic E-state index is 12.8.